The Kier molecular flexibility index (Phi) is 2.99. The van der Waals surface area contributed by atoms with E-state index >= 15 is 0 Å². The van der Waals surface area contributed by atoms with Gasteiger partial charge in [-0.2, -0.15) is 0 Å². The van der Waals surface area contributed by atoms with Gasteiger partial charge in [-0.25, -0.2) is 0 Å². The first kappa shape index (κ1) is 11.2. The molecule has 0 spiro atoms. The molecule has 0 bridgehead atoms. The molecule has 0 aliphatic carbocycles. The Hall–Kier alpha value is -1.87. The van der Waals surface area contributed by atoms with Crippen LogP contribution in [0, 0.1) is 0 Å². The molecule has 0 amide bonds. The molecule has 0 unspecified atom stereocenters. The van der Waals surface area contributed by atoms with Crippen LogP contribution in [0.2, 0.25) is 0 Å². The summed E-state index contributed by atoms with van der Waals surface area (Å²) in [5, 5.41) is 2.11. The predicted octanol–water partition coefficient (Wildman–Crippen LogP) is 4.79. The molecule has 0 atom stereocenters. The van der Waals surface area contributed by atoms with Crippen molar-refractivity contribution in [1.82, 2.24) is 4.98 Å². The average molecular weight is 300 g/mol. The fourth-order valence-corrected chi connectivity index (χ4v) is 2.17. The quantitative estimate of drug-likeness (QED) is 0.679. The van der Waals surface area contributed by atoms with Crippen LogP contribution in [0.3, 0.4) is 0 Å². The minimum atomic E-state index is 0.764. The molecule has 0 fully saturated rings. The number of aromatic nitrogens is 1. The first-order chi connectivity index (χ1) is 8.83. The van der Waals surface area contributed by atoms with E-state index in [4.69, 9.17) is 4.74 Å². The Morgan fingerprint density at radius 1 is 0.944 bits per heavy atom. The van der Waals surface area contributed by atoms with Crippen molar-refractivity contribution in [2.75, 3.05) is 0 Å². The third-order valence-corrected chi connectivity index (χ3v) is 3.15. The maximum Gasteiger partial charge on any atom is 0.153 e. The van der Waals surface area contributed by atoms with Gasteiger partial charge in [0.25, 0.3) is 0 Å². The number of halogens is 1. The number of hydrogen-bond donors (Lipinski definition) is 0. The molecule has 0 radical (unpaired) electrons. The standard InChI is InChI=1S/C15H10BrNO/c16-12-7-6-11-9-17-10-15(14(11)8-12)18-13-4-2-1-3-5-13/h1-10H. The zero-order valence-corrected chi connectivity index (χ0v) is 11.1. The Morgan fingerprint density at radius 2 is 1.78 bits per heavy atom. The smallest absolute Gasteiger partial charge is 0.153 e. The van der Waals surface area contributed by atoms with Crippen molar-refractivity contribution >= 4 is 26.7 Å². The van der Waals surface area contributed by atoms with Gasteiger partial charge in [-0.1, -0.05) is 40.2 Å². The molecule has 3 rings (SSSR count). The Labute approximate surface area is 113 Å². The monoisotopic (exact) mass is 299 g/mol. The van der Waals surface area contributed by atoms with Gasteiger partial charge >= 0.3 is 0 Å². The van der Waals surface area contributed by atoms with Crippen LogP contribution < -0.4 is 4.74 Å². The van der Waals surface area contributed by atoms with Crippen LogP contribution in [0.4, 0.5) is 0 Å². The minimum Gasteiger partial charge on any atom is -0.455 e. The highest BCUT2D eigenvalue weighted by atomic mass is 79.9. The van der Waals surface area contributed by atoms with Gasteiger partial charge < -0.3 is 4.74 Å². The first-order valence-corrected chi connectivity index (χ1v) is 6.38. The van der Waals surface area contributed by atoms with Crippen molar-refractivity contribution in [3.8, 4) is 11.5 Å². The van der Waals surface area contributed by atoms with Crippen molar-refractivity contribution in [2.24, 2.45) is 0 Å². The number of nitrogens with zero attached hydrogens (tertiary/aromatic N) is 1. The number of hydrogen-bond acceptors (Lipinski definition) is 2. The van der Waals surface area contributed by atoms with Crippen LogP contribution in [0.5, 0.6) is 11.5 Å². The minimum absolute atomic E-state index is 0.764. The lowest BCUT2D eigenvalue weighted by molar-refractivity contribution is 0.486. The average Bonchev–Trinajstić information content (AvgIpc) is 2.41. The molecule has 3 heteroatoms. The molecule has 88 valence electrons. The highest BCUT2D eigenvalue weighted by Gasteiger charge is 2.04. The summed E-state index contributed by atoms with van der Waals surface area (Å²) in [5.41, 5.74) is 0. The second-order valence-corrected chi connectivity index (χ2v) is 4.83. The predicted molar refractivity (Wildman–Crippen MR) is 76.0 cm³/mol. The number of rotatable bonds is 2. The summed E-state index contributed by atoms with van der Waals surface area (Å²) < 4.78 is 6.89. The van der Waals surface area contributed by atoms with Crippen molar-refractivity contribution in [3.05, 3.63) is 65.4 Å². The Morgan fingerprint density at radius 3 is 2.61 bits per heavy atom. The molecule has 0 aliphatic rings. The van der Waals surface area contributed by atoms with Gasteiger partial charge in [0.15, 0.2) is 5.75 Å². The lowest BCUT2D eigenvalue weighted by Crippen LogP contribution is -1.87. The summed E-state index contributed by atoms with van der Waals surface area (Å²) in [6.45, 7) is 0. The lowest BCUT2D eigenvalue weighted by atomic mass is 10.2. The first-order valence-electron chi connectivity index (χ1n) is 5.59. The Balaban J connectivity index is 2.09. The molecule has 0 saturated carbocycles. The summed E-state index contributed by atoms with van der Waals surface area (Å²) >= 11 is 3.48. The normalized spacial score (nSPS) is 10.5. The molecule has 0 saturated heterocycles. The summed E-state index contributed by atoms with van der Waals surface area (Å²) in [7, 11) is 0. The summed E-state index contributed by atoms with van der Waals surface area (Å²) in [5.74, 6) is 1.58. The highest BCUT2D eigenvalue weighted by Crippen LogP contribution is 2.30. The van der Waals surface area contributed by atoms with Gasteiger partial charge in [0, 0.05) is 21.4 Å². The van der Waals surface area contributed by atoms with E-state index in [0.717, 1.165) is 26.7 Å². The zero-order valence-electron chi connectivity index (χ0n) is 9.51. The van der Waals surface area contributed by atoms with E-state index < -0.39 is 0 Å². The van der Waals surface area contributed by atoms with E-state index in [1.807, 2.05) is 54.7 Å². The van der Waals surface area contributed by atoms with Gasteiger partial charge in [-0.3, -0.25) is 4.98 Å². The van der Waals surface area contributed by atoms with E-state index in [1.54, 1.807) is 6.20 Å². The molecule has 0 aliphatic heterocycles. The number of fused-ring (bicyclic) bond motifs is 1. The van der Waals surface area contributed by atoms with Crippen molar-refractivity contribution in [2.45, 2.75) is 0 Å². The molecular weight excluding hydrogens is 290 g/mol. The van der Waals surface area contributed by atoms with Crippen LogP contribution in [0.1, 0.15) is 0 Å². The molecule has 2 nitrogen and oxygen atoms in total. The van der Waals surface area contributed by atoms with Crippen molar-refractivity contribution < 1.29 is 4.74 Å². The lowest BCUT2D eigenvalue weighted by Gasteiger charge is -2.08. The number of pyridine rings is 1. The van der Waals surface area contributed by atoms with Gasteiger partial charge in [0.1, 0.15) is 5.75 Å². The SMILES string of the molecule is Brc1ccc2cncc(Oc3ccccc3)c2c1. The largest absolute Gasteiger partial charge is 0.455 e. The van der Waals surface area contributed by atoms with E-state index in [9.17, 15) is 0 Å². The number of benzene rings is 2. The van der Waals surface area contributed by atoms with Crippen LogP contribution in [-0.4, -0.2) is 4.98 Å². The van der Waals surface area contributed by atoms with Crippen LogP contribution in [0.25, 0.3) is 10.8 Å². The van der Waals surface area contributed by atoms with E-state index in [-0.39, 0.29) is 0 Å². The van der Waals surface area contributed by atoms with Gasteiger partial charge in [0.05, 0.1) is 6.20 Å². The third-order valence-electron chi connectivity index (χ3n) is 2.66. The summed E-state index contributed by atoms with van der Waals surface area (Å²) in [6.07, 6.45) is 3.57. The second-order valence-electron chi connectivity index (χ2n) is 3.92. The summed E-state index contributed by atoms with van der Waals surface area (Å²) in [4.78, 5) is 4.20. The van der Waals surface area contributed by atoms with Crippen LogP contribution in [-0.2, 0) is 0 Å². The fourth-order valence-electron chi connectivity index (χ4n) is 1.81. The number of para-hydroxylation sites is 1. The molecule has 1 heterocycles. The third kappa shape index (κ3) is 2.22. The van der Waals surface area contributed by atoms with Crippen molar-refractivity contribution in [3.63, 3.8) is 0 Å². The van der Waals surface area contributed by atoms with E-state index in [0.29, 0.717) is 0 Å². The zero-order chi connectivity index (χ0) is 12.4. The van der Waals surface area contributed by atoms with Gasteiger partial charge in [-0.15, -0.1) is 0 Å². The highest BCUT2D eigenvalue weighted by molar-refractivity contribution is 9.10. The maximum absolute atomic E-state index is 5.86. The van der Waals surface area contributed by atoms with Gasteiger partial charge in [0.2, 0.25) is 0 Å². The number of ether oxygens (including phenoxy) is 1. The molecule has 3 aromatic rings. The fraction of sp³-hybridized carbons (Fsp3) is 0. The molecule has 1 aromatic heterocycles. The van der Waals surface area contributed by atoms with E-state index in [1.165, 1.54) is 0 Å². The van der Waals surface area contributed by atoms with E-state index in [2.05, 4.69) is 20.9 Å². The Bertz CT molecular complexity index is 682. The summed E-state index contributed by atoms with van der Waals surface area (Å²) in [6, 6.07) is 15.8. The van der Waals surface area contributed by atoms with Gasteiger partial charge in [-0.05, 0) is 24.3 Å². The van der Waals surface area contributed by atoms with Crippen LogP contribution in [0.15, 0.2) is 65.4 Å². The maximum atomic E-state index is 5.86. The molecule has 0 N–H and O–H groups in total. The molecule has 18 heavy (non-hydrogen) atoms. The molecule has 2 aromatic carbocycles. The second kappa shape index (κ2) is 4.78. The van der Waals surface area contributed by atoms with Crippen molar-refractivity contribution in [1.29, 1.82) is 0 Å². The topological polar surface area (TPSA) is 22.1 Å². The van der Waals surface area contributed by atoms with Crippen LogP contribution >= 0.6 is 15.9 Å². The molecular formula is C15H10BrNO.